The van der Waals surface area contributed by atoms with E-state index >= 15 is 0 Å². The van der Waals surface area contributed by atoms with Crippen LogP contribution in [0.3, 0.4) is 0 Å². The fourth-order valence-corrected chi connectivity index (χ4v) is 4.42. The van der Waals surface area contributed by atoms with Crippen molar-refractivity contribution in [3.05, 3.63) is 121 Å². The van der Waals surface area contributed by atoms with Gasteiger partial charge in [0.15, 0.2) is 0 Å². The molecule has 3 aromatic rings. The lowest BCUT2D eigenvalue weighted by Crippen LogP contribution is -2.02. The largest absolute Gasteiger partial charge is 0.457 e. The zero-order chi connectivity index (χ0) is 28.2. The van der Waals surface area contributed by atoms with Crippen LogP contribution in [0.25, 0.3) is 22.3 Å². The van der Waals surface area contributed by atoms with Crippen LogP contribution in [-0.4, -0.2) is 0 Å². The van der Waals surface area contributed by atoms with Crippen molar-refractivity contribution < 1.29 is 9.47 Å². The van der Waals surface area contributed by atoms with Crippen LogP contribution >= 0.6 is 0 Å². The van der Waals surface area contributed by atoms with Crippen molar-refractivity contribution in [2.75, 3.05) is 0 Å². The fourth-order valence-electron chi connectivity index (χ4n) is 4.42. The number of hydrogen-bond donors (Lipinski definition) is 0. The average molecular weight is 521 g/mol. The first-order valence-corrected chi connectivity index (χ1v) is 14.3. The van der Waals surface area contributed by atoms with E-state index in [1.165, 1.54) is 36.0 Å². The van der Waals surface area contributed by atoms with Crippen LogP contribution in [0.5, 0.6) is 11.5 Å². The molecule has 0 fully saturated rings. The molecule has 0 saturated carbocycles. The molecule has 0 atom stereocenters. The number of benzene rings is 3. The molecule has 204 valence electrons. The molecule has 2 nitrogen and oxygen atoms in total. The third-order valence-electron chi connectivity index (χ3n) is 6.94. The molecule has 0 N–H and O–H groups in total. The highest BCUT2D eigenvalue weighted by atomic mass is 16.5. The summed E-state index contributed by atoms with van der Waals surface area (Å²) in [6.45, 7) is 20.3. The SMILES string of the molecule is C=C/C(=C/C)Oc1cc(-c2ccc(-c3ccc(CCCCC)cc3)cc2)c(OC(=C)C(=C)C)cc1CCCC. The van der Waals surface area contributed by atoms with E-state index in [4.69, 9.17) is 9.47 Å². The normalized spacial score (nSPS) is 11.2. The summed E-state index contributed by atoms with van der Waals surface area (Å²) in [5, 5.41) is 0. The molecule has 39 heavy (non-hydrogen) atoms. The van der Waals surface area contributed by atoms with Gasteiger partial charge in [-0.2, -0.15) is 0 Å². The van der Waals surface area contributed by atoms with Crippen molar-refractivity contribution in [1.29, 1.82) is 0 Å². The monoisotopic (exact) mass is 520 g/mol. The lowest BCUT2D eigenvalue weighted by atomic mass is 9.96. The molecule has 0 bridgehead atoms. The Morgan fingerprint density at radius 2 is 1.36 bits per heavy atom. The second-order valence-corrected chi connectivity index (χ2v) is 10.1. The number of ether oxygens (including phenoxy) is 2. The quantitative estimate of drug-likeness (QED) is 0.113. The predicted octanol–water partition coefficient (Wildman–Crippen LogP) is 11.0. The summed E-state index contributed by atoms with van der Waals surface area (Å²) in [5.41, 5.74) is 7.70. The first-order valence-electron chi connectivity index (χ1n) is 14.3. The van der Waals surface area contributed by atoms with Crippen molar-refractivity contribution in [3.63, 3.8) is 0 Å². The first-order chi connectivity index (χ1) is 18.9. The Morgan fingerprint density at radius 1 is 0.744 bits per heavy atom. The Kier molecular flexibility index (Phi) is 11.4. The molecular formula is C37H44O2. The molecule has 0 saturated heterocycles. The van der Waals surface area contributed by atoms with Gasteiger partial charge < -0.3 is 9.47 Å². The van der Waals surface area contributed by atoms with E-state index < -0.39 is 0 Å². The smallest absolute Gasteiger partial charge is 0.135 e. The van der Waals surface area contributed by atoms with Crippen LogP contribution in [0.4, 0.5) is 0 Å². The highest BCUT2D eigenvalue weighted by Gasteiger charge is 2.16. The zero-order valence-electron chi connectivity index (χ0n) is 24.3. The summed E-state index contributed by atoms with van der Waals surface area (Å²) in [6, 6.07) is 21.8. The highest BCUT2D eigenvalue weighted by molar-refractivity contribution is 5.76. The second kappa shape index (κ2) is 15.0. The van der Waals surface area contributed by atoms with Gasteiger partial charge in [0.25, 0.3) is 0 Å². The van der Waals surface area contributed by atoms with Crippen molar-refractivity contribution in [2.24, 2.45) is 0 Å². The van der Waals surface area contributed by atoms with Crippen molar-refractivity contribution in [2.45, 2.75) is 72.6 Å². The topological polar surface area (TPSA) is 18.5 Å². The standard InChI is InChI=1S/C37H44O2/c1-8-12-14-15-29-17-19-30(20-18-29)31-21-23-32(24-22-31)35-26-36(39-34(10-3)11-4)33(16-13-9-2)25-37(35)38-28(7)27(5)6/h10-11,17-26H,3,5,7-9,12-16H2,1-2,4,6H3/b34-11-. The maximum atomic E-state index is 6.30. The maximum Gasteiger partial charge on any atom is 0.135 e. The minimum Gasteiger partial charge on any atom is -0.457 e. The van der Waals surface area contributed by atoms with Gasteiger partial charge in [-0.1, -0.05) is 101 Å². The zero-order valence-corrected chi connectivity index (χ0v) is 24.3. The van der Waals surface area contributed by atoms with Gasteiger partial charge in [-0.15, -0.1) is 0 Å². The molecule has 0 amide bonds. The molecule has 0 heterocycles. The van der Waals surface area contributed by atoms with Crippen LogP contribution in [-0.2, 0) is 12.8 Å². The molecule has 0 aliphatic carbocycles. The van der Waals surface area contributed by atoms with Crippen LogP contribution in [0.2, 0.25) is 0 Å². The van der Waals surface area contributed by atoms with Gasteiger partial charge in [0.2, 0.25) is 0 Å². The van der Waals surface area contributed by atoms with E-state index in [9.17, 15) is 0 Å². The number of allylic oxidation sites excluding steroid dienone is 3. The Bertz CT molecular complexity index is 1290. The second-order valence-electron chi connectivity index (χ2n) is 10.1. The number of hydrogen-bond acceptors (Lipinski definition) is 2. The van der Waals surface area contributed by atoms with E-state index in [1.807, 2.05) is 19.9 Å². The Balaban J connectivity index is 2.00. The van der Waals surface area contributed by atoms with Gasteiger partial charge in [-0.3, -0.25) is 0 Å². The Hall–Kier alpha value is -3.78. The first kappa shape index (κ1) is 29.8. The third-order valence-corrected chi connectivity index (χ3v) is 6.94. The van der Waals surface area contributed by atoms with E-state index in [0.717, 1.165) is 65.2 Å². The van der Waals surface area contributed by atoms with Gasteiger partial charge in [-0.05, 0) is 97.2 Å². The van der Waals surface area contributed by atoms with E-state index in [-0.39, 0.29) is 0 Å². The van der Waals surface area contributed by atoms with Gasteiger partial charge in [0.1, 0.15) is 23.0 Å². The van der Waals surface area contributed by atoms with Gasteiger partial charge in [0, 0.05) is 5.56 Å². The van der Waals surface area contributed by atoms with Crippen molar-refractivity contribution >= 4 is 0 Å². The average Bonchev–Trinajstić information content (AvgIpc) is 2.96. The molecule has 0 spiro atoms. The van der Waals surface area contributed by atoms with Gasteiger partial charge in [0.05, 0.1) is 0 Å². The Morgan fingerprint density at radius 3 is 1.92 bits per heavy atom. The molecule has 0 unspecified atom stereocenters. The molecule has 0 radical (unpaired) electrons. The minimum absolute atomic E-state index is 0.558. The summed E-state index contributed by atoms with van der Waals surface area (Å²) in [4.78, 5) is 0. The molecule has 3 rings (SSSR count). The van der Waals surface area contributed by atoms with E-state index in [1.54, 1.807) is 6.08 Å². The van der Waals surface area contributed by atoms with Crippen LogP contribution in [0.1, 0.15) is 70.9 Å². The molecule has 2 heteroatoms. The number of aryl methyl sites for hydroxylation is 2. The van der Waals surface area contributed by atoms with Gasteiger partial charge in [-0.25, -0.2) is 0 Å². The van der Waals surface area contributed by atoms with E-state index in [2.05, 4.69) is 94.2 Å². The van der Waals surface area contributed by atoms with Crippen molar-refractivity contribution in [1.82, 2.24) is 0 Å². The minimum atomic E-state index is 0.558. The molecular weight excluding hydrogens is 476 g/mol. The highest BCUT2D eigenvalue weighted by Crippen LogP contribution is 2.39. The predicted molar refractivity (Wildman–Crippen MR) is 168 cm³/mol. The third kappa shape index (κ3) is 8.35. The molecule has 3 aromatic carbocycles. The van der Waals surface area contributed by atoms with Crippen molar-refractivity contribution in [3.8, 4) is 33.8 Å². The van der Waals surface area contributed by atoms with Gasteiger partial charge >= 0.3 is 0 Å². The summed E-state index contributed by atoms with van der Waals surface area (Å²) in [7, 11) is 0. The van der Waals surface area contributed by atoms with E-state index in [0.29, 0.717) is 5.76 Å². The van der Waals surface area contributed by atoms with Crippen LogP contribution < -0.4 is 9.47 Å². The molecule has 0 aliphatic heterocycles. The lowest BCUT2D eigenvalue weighted by Gasteiger charge is -2.19. The maximum absolute atomic E-state index is 6.30. The summed E-state index contributed by atoms with van der Waals surface area (Å²) < 4.78 is 12.6. The summed E-state index contributed by atoms with van der Waals surface area (Å²) in [6.07, 6.45) is 11.6. The molecule has 0 aromatic heterocycles. The summed E-state index contributed by atoms with van der Waals surface area (Å²) in [5.74, 6) is 2.86. The number of unbranched alkanes of at least 4 members (excludes halogenated alkanes) is 3. The summed E-state index contributed by atoms with van der Waals surface area (Å²) >= 11 is 0. The van der Waals surface area contributed by atoms with Crippen LogP contribution in [0, 0.1) is 0 Å². The number of rotatable bonds is 15. The van der Waals surface area contributed by atoms with Crippen LogP contribution in [0.15, 0.2) is 110 Å². The Labute approximate surface area is 236 Å². The fraction of sp³-hybridized carbons (Fsp3) is 0.297. The molecule has 0 aliphatic rings. The lowest BCUT2D eigenvalue weighted by molar-refractivity contribution is 0.425.